The number of anilines is 1. The molecule has 152 valence electrons. The summed E-state index contributed by atoms with van der Waals surface area (Å²) in [5.74, 6) is -0.678. The molecular weight excluding hydrogens is 368 g/mol. The molecule has 2 rings (SSSR count). The zero-order valence-corrected chi connectivity index (χ0v) is 15.9. The largest absolute Gasteiger partial charge is 0.494 e. The normalized spacial score (nSPS) is 14.5. The molecule has 28 heavy (non-hydrogen) atoms. The summed E-state index contributed by atoms with van der Waals surface area (Å²) < 4.78 is 5.03. The van der Waals surface area contributed by atoms with Crippen molar-refractivity contribution in [1.29, 1.82) is 0 Å². The molecule has 0 atom stereocenters. The van der Waals surface area contributed by atoms with Crippen LogP contribution in [0, 0.1) is 10.1 Å². The first-order chi connectivity index (χ1) is 13.4. The highest BCUT2D eigenvalue weighted by atomic mass is 16.6. The minimum Gasteiger partial charge on any atom is -0.494 e. The molecule has 1 aliphatic rings. The molecular formula is C18H24N4O6. The lowest BCUT2D eigenvalue weighted by atomic mass is 9.94. The maximum atomic E-state index is 12.1. The van der Waals surface area contributed by atoms with Gasteiger partial charge < -0.3 is 19.8 Å². The number of non-ortho nitro benzene ring substituents is 1. The predicted molar refractivity (Wildman–Crippen MR) is 102 cm³/mol. The second-order valence-corrected chi connectivity index (χ2v) is 6.44. The minimum absolute atomic E-state index is 0.140. The van der Waals surface area contributed by atoms with Gasteiger partial charge in [-0.1, -0.05) is 24.4 Å². The van der Waals surface area contributed by atoms with E-state index in [0.717, 1.165) is 31.9 Å². The van der Waals surface area contributed by atoms with Crippen molar-refractivity contribution in [3.63, 3.8) is 0 Å². The van der Waals surface area contributed by atoms with Crippen LogP contribution in [-0.4, -0.2) is 54.7 Å². The average molecular weight is 392 g/mol. The summed E-state index contributed by atoms with van der Waals surface area (Å²) in [6.45, 7) is -0.252. The van der Waals surface area contributed by atoms with Gasteiger partial charge in [-0.05, 0) is 18.9 Å². The van der Waals surface area contributed by atoms with Gasteiger partial charge in [0.15, 0.2) is 6.61 Å². The third-order valence-corrected chi connectivity index (χ3v) is 4.60. The number of ether oxygens (including phenoxy) is 1. The van der Waals surface area contributed by atoms with E-state index in [1.807, 2.05) is 0 Å². The molecule has 0 radical (unpaired) electrons. The lowest BCUT2D eigenvalue weighted by molar-refractivity contribution is -0.384. The summed E-state index contributed by atoms with van der Waals surface area (Å²) in [5, 5.41) is 16.8. The molecule has 0 unspecified atom stereocenters. The Morgan fingerprint density at radius 3 is 2.71 bits per heavy atom. The topological polar surface area (TPSA) is 123 Å². The highest BCUT2D eigenvalue weighted by Gasteiger charge is 2.22. The van der Waals surface area contributed by atoms with E-state index in [-0.39, 0.29) is 35.7 Å². The van der Waals surface area contributed by atoms with Crippen LogP contribution in [0.3, 0.4) is 0 Å². The third kappa shape index (κ3) is 5.93. The van der Waals surface area contributed by atoms with Crippen LogP contribution in [0.1, 0.15) is 32.1 Å². The van der Waals surface area contributed by atoms with Gasteiger partial charge in [0.1, 0.15) is 12.0 Å². The number of hydrogen-bond donors (Lipinski definition) is 1. The van der Waals surface area contributed by atoms with Crippen LogP contribution in [0.4, 0.5) is 11.4 Å². The fourth-order valence-corrected chi connectivity index (χ4v) is 3.01. The fourth-order valence-electron chi connectivity index (χ4n) is 3.01. The molecule has 1 aromatic rings. The lowest BCUT2D eigenvalue weighted by Crippen LogP contribution is -2.40. The number of oxime groups is 1. The van der Waals surface area contributed by atoms with E-state index >= 15 is 0 Å². The van der Waals surface area contributed by atoms with Crippen LogP contribution in [-0.2, 0) is 14.4 Å². The molecule has 1 saturated carbocycles. The highest BCUT2D eigenvalue weighted by molar-refractivity contribution is 6.31. The van der Waals surface area contributed by atoms with Crippen LogP contribution in [0.25, 0.3) is 0 Å². The summed E-state index contributed by atoms with van der Waals surface area (Å²) in [6, 6.07) is 4.02. The number of nitrogens with zero attached hydrogens (tertiary/aromatic N) is 3. The Balaban J connectivity index is 1.82. The molecule has 10 nitrogen and oxygen atoms in total. The molecule has 1 aromatic carbocycles. The van der Waals surface area contributed by atoms with Crippen molar-refractivity contribution in [1.82, 2.24) is 4.90 Å². The maximum Gasteiger partial charge on any atom is 0.273 e. The Kier molecular flexibility index (Phi) is 7.73. The number of rotatable bonds is 8. The Morgan fingerprint density at radius 1 is 1.36 bits per heavy atom. The molecule has 0 saturated heterocycles. The van der Waals surface area contributed by atoms with E-state index in [4.69, 9.17) is 9.57 Å². The molecule has 0 heterocycles. The van der Waals surface area contributed by atoms with Crippen molar-refractivity contribution < 1.29 is 24.1 Å². The number of methoxy groups -OCH3 is 1. The third-order valence-electron chi connectivity index (χ3n) is 4.60. The first-order valence-corrected chi connectivity index (χ1v) is 8.96. The SMILES string of the molecule is COc1cc([N+](=O)[O-])ccc1NC(=O)/C=N\OCC(=O)N(C)C1CCCCC1. The van der Waals surface area contributed by atoms with Crippen LogP contribution >= 0.6 is 0 Å². The molecule has 0 aliphatic heterocycles. The number of likely N-dealkylation sites (N-methyl/N-ethyl adjacent to an activating group) is 1. The van der Waals surface area contributed by atoms with Crippen LogP contribution in [0.2, 0.25) is 0 Å². The summed E-state index contributed by atoms with van der Waals surface area (Å²) in [4.78, 5) is 40.8. The van der Waals surface area contributed by atoms with Gasteiger partial charge in [-0.25, -0.2) is 0 Å². The smallest absolute Gasteiger partial charge is 0.273 e. The molecule has 10 heteroatoms. The first kappa shape index (κ1) is 21.1. The number of nitrogens with one attached hydrogen (secondary N) is 1. The Labute approximate surface area is 162 Å². The van der Waals surface area contributed by atoms with E-state index in [0.29, 0.717) is 0 Å². The Morgan fingerprint density at radius 2 is 2.07 bits per heavy atom. The second kappa shape index (κ2) is 10.2. The number of nitro groups is 1. The van der Waals surface area contributed by atoms with Gasteiger partial charge in [0.25, 0.3) is 17.5 Å². The van der Waals surface area contributed by atoms with Gasteiger partial charge in [-0.3, -0.25) is 19.7 Å². The lowest BCUT2D eigenvalue weighted by Gasteiger charge is -2.30. The monoisotopic (exact) mass is 392 g/mol. The molecule has 0 aromatic heterocycles. The van der Waals surface area contributed by atoms with Gasteiger partial charge in [0.2, 0.25) is 0 Å². The Hall–Kier alpha value is -3.17. The van der Waals surface area contributed by atoms with E-state index < -0.39 is 10.8 Å². The van der Waals surface area contributed by atoms with E-state index in [2.05, 4.69) is 10.5 Å². The molecule has 1 fully saturated rings. The number of carbonyl (C=O) groups excluding carboxylic acids is 2. The summed E-state index contributed by atoms with van der Waals surface area (Å²) >= 11 is 0. The highest BCUT2D eigenvalue weighted by Crippen LogP contribution is 2.28. The molecule has 0 bridgehead atoms. The number of hydrogen-bond acceptors (Lipinski definition) is 7. The quantitative estimate of drug-likeness (QED) is 0.411. The van der Waals surface area contributed by atoms with Crippen LogP contribution < -0.4 is 10.1 Å². The van der Waals surface area contributed by atoms with E-state index in [1.165, 1.54) is 31.7 Å². The van der Waals surface area contributed by atoms with Crippen LogP contribution in [0.5, 0.6) is 5.75 Å². The minimum atomic E-state index is -0.625. The summed E-state index contributed by atoms with van der Waals surface area (Å²) in [6.07, 6.45) is 6.31. The van der Waals surface area contributed by atoms with Crippen molar-refractivity contribution in [2.24, 2.45) is 5.16 Å². The number of carbonyl (C=O) groups is 2. The van der Waals surface area contributed by atoms with Crippen molar-refractivity contribution >= 4 is 29.4 Å². The molecule has 1 aliphatic carbocycles. The van der Waals surface area contributed by atoms with E-state index in [1.54, 1.807) is 11.9 Å². The average Bonchev–Trinajstić information content (AvgIpc) is 2.71. The van der Waals surface area contributed by atoms with Crippen molar-refractivity contribution in [3.8, 4) is 5.75 Å². The van der Waals surface area contributed by atoms with Crippen molar-refractivity contribution in [2.75, 3.05) is 26.1 Å². The van der Waals surface area contributed by atoms with E-state index in [9.17, 15) is 19.7 Å². The summed E-state index contributed by atoms with van der Waals surface area (Å²) in [5.41, 5.74) is 0.0881. The van der Waals surface area contributed by atoms with Gasteiger partial charge in [-0.2, -0.15) is 0 Å². The van der Waals surface area contributed by atoms with Crippen LogP contribution in [0.15, 0.2) is 23.4 Å². The van der Waals surface area contributed by atoms with Gasteiger partial charge in [-0.15, -0.1) is 0 Å². The number of amides is 2. The zero-order chi connectivity index (χ0) is 20.5. The predicted octanol–water partition coefficient (Wildman–Crippen LogP) is 2.34. The molecule has 2 amide bonds. The number of benzene rings is 1. The molecule has 0 spiro atoms. The van der Waals surface area contributed by atoms with Gasteiger partial charge >= 0.3 is 0 Å². The van der Waals surface area contributed by atoms with Gasteiger partial charge in [0, 0.05) is 19.2 Å². The van der Waals surface area contributed by atoms with Crippen molar-refractivity contribution in [2.45, 2.75) is 38.1 Å². The molecule has 1 N–H and O–H groups in total. The standard InChI is InChI=1S/C18H24N4O6/c1-21(13-6-4-3-5-7-13)18(24)12-28-19-11-17(23)20-15-9-8-14(22(25)26)10-16(15)27-2/h8-11,13H,3-7,12H2,1-2H3,(H,20,23)/b19-11-. The maximum absolute atomic E-state index is 12.1. The van der Waals surface area contributed by atoms with Gasteiger partial charge in [0.05, 0.1) is 23.8 Å². The zero-order valence-electron chi connectivity index (χ0n) is 15.9. The Bertz CT molecular complexity index is 746. The fraction of sp³-hybridized carbons (Fsp3) is 0.500. The summed E-state index contributed by atoms with van der Waals surface area (Å²) in [7, 11) is 3.08. The number of nitro benzene ring substituents is 1. The first-order valence-electron chi connectivity index (χ1n) is 8.96. The van der Waals surface area contributed by atoms with Crippen molar-refractivity contribution in [3.05, 3.63) is 28.3 Å². The second-order valence-electron chi connectivity index (χ2n) is 6.44.